The van der Waals surface area contributed by atoms with Gasteiger partial charge in [-0.05, 0) is 46.7 Å². The zero-order valence-electron chi connectivity index (χ0n) is 8.71. The van der Waals surface area contributed by atoms with Crippen molar-refractivity contribution in [3.8, 4) is 0 Å². The van der Waals surface area contributed by atoms with E-state index in [-0.39, 0.29) is 6.04 Å². The first-order chi connectivity index (χ1) is 7.72. The Morgan fingerprint density at radius 2 is 2.06 bits per heavy atom. The summed E-state index contributed by atoms with van der Waals surface area (Å²) in [6.07, 6.45) is 1.68. The molecule has 1 unspecified atom stereocenters. The molecule has 0 amide bonds. The molecule has 0 saturated carbocycles. The highest BCUT2D eigenvalue weighted by atomic mass is 79.9. The second kappa shape index (κ2) is 5.17. The minimum absolute atomic E-state index is 0.0573. The molecular formula is C12H11Br2NO. The number of hydrogen-bond acceptors (Lipinski definition) is 2. The van der Waals surface area contributed by atoms with Gasteiger partial charge in [0.25, 0.3) is 0 Å². The maximum Gasteiger partial charge on any atom is 0.139 e. The van der Waals surface area contributed by atoms with Crippen molar-refractivity contribution in [1.82, 2.24) is 5.32 Å². The predicted octanol–water partition coefficient (Wildman–Crippen LogP) is 4.11. The van der Waals surface area contributed by atoms with E-state index in [1.165, 1.54) is 0 Å². The molecule has 0 spiro atoms. The Kier molecular flexibility index (Phi) is 3.84. The molecule has 1 heterocycles. The van der Waals surface area contributed by atoms with Gasteiger partial charge in [-0.3, -0.25) is 0 Å². The van der Waals surface area contributed by atoms with Gasteiger partial charge < -0.3 is 9.73 Å². The summed E-state index contributed by atoms with van der Waals surface area (Å²) in [5.41, 5.74) is 1.16. The van der Waals surface area contributed by atoms with Gasteiger partial charge in [0.05, 0.1) is 16.8 Å². The molecule has 2 aromatic rings. The number of furan rings is 1. The molecule has 1 N–H and O–H groups in total. The first kappa shape index (κ1) is 11.9. The Morgan fingerprint density at radius 1 is 1.25 bits per heavy atom. The number of nitrogens with one attached hydrogen (secondary N) is 1. The number of rotatable bonds is 3. The van der Waals surface area contributed by atoms with Gasteiger partial charge in [-0.2, -0.15) is 0 Å². The van der Waals surface area contributed by atoms with E-state index in [0.29, 0.717) is 0 Å². The van der Waals surface area contributed by atoms with Gasteiger partial charge in [-0.1, -0.05) is 28.1 Å². The predicted molar refractivity (Wildman–Crippen MR) is 71.5 cm³/mol. The maximum absolute atomic E-state index is 5.49. The number of benzene rings is 1. The van der Waals surface area contributed by atoms with Crippen LogP contribution in [0.5, 0.6) is 0 Å². The van der Waals surface area contributed by atoms with Crippen molar-refractivity contribution in [3.05, 3.63) is 56.9 Å². The number of halogens is 2. The van der Waals surface area contributed by atoms with Crippen LogP contribution in [0.2, 0.25) is 0 Å². The molecule has 0 aliphatic heterocycles. The van der Waals surface area contributed by atoms with E-state index in [1.807, 2.05) is 25.2 Å². The Labute approximate surface area is 111 Å². The van der Waals surface area contributed by atoms with Gasteiger partial charge in [0.2, 0.25) is 0 Å². The van der Waals surface area contributed by atoms with E-state index in [1.54, 1.807) is 6.26 Å². The van der Waals surface area contributed by atoms with Crippen LogP contribution in [0, 0.1) is 0 Å². The van der Waals surface area contributed by atoms with Crippen molar-refractivity contribution >= 4 is 31.9 Å². The van der Waals surface area contributed by atoms with Crippen molar-refractivity contribution in [3.63, 3.8) is 0 Å². The highest BCUT2D eigenvalue weighted by molar-refractivity contribution is 9.10. The number of hydrogen-bond donors (Lipinski definition) is 1. The summed E-state index contributed by atoms with van der Waals surface area (Å²) in [6, 6.07) is 10.1. The molecule has 0 aliphatic carbocycles. The molecule has 0 bridgehead atoms. The fourth-order valence-corrected chi connectivity index (χ4v) is 2.49. The quantitative estimate of drug-likeness (QED) is 0.906. The summed E-state index contributed by atoms with van der Waals surface area (Å²) in [6.45, 7) is 0. The van der Waals surface area contributed by atoms with Gasteiger partial charge in [0.1, 0.15) is 5.76 Å². The Balaban J connectivity index is 2.40. The van der Waals surface area contributed by atoms with Gasteiger partial charge in [-0.25, -0.2) is 0 Å². The molecule has 84 valence electrons. The van der Waals surface area contributed by atoms with Crippen molar-refractivity contribution in [2.45, 2.75) is 6.04 Å². The lowest BCUT2D eigenvalue weighted by Crippen LogP contribution is -2.17. The summed E-state index contributed by atoms with van der Waals surface area (Å²) in [5, 5.41) is 3.24. The van der Waals surface area contributed by atoms with Crippen LogP contribution in [-0.4, -0.2) is 7.05 Å². The summed E-state index contributed by atoms with van der Waals surface area (Å²) < 4.78 is 7.53. The molecular weight excluding hydrogens is 334 g/mol. The van der Waals surface area contributed by atoms with Gasteiger partial charge in [0, 0.05) is 4.47 Å². The highest BCUT2D eigenvalue weighted by Gasteiger charge is 2.18. The average Bonchev–Trinajstić information content (AvgIpc) is 2.67. The molecule has 1 atom stereocenters. The Bertz CT molecular complexity index is 481. The molecule has 0 aliphatic rings. The topological polar surface area (TPSA) is 25.2 Å². The summed E-state index contributed by atoms with van der Waals surface area (Å²) in [5.74, 6) is 0.889. The second-order valence-electron chi connectivity index (χ2n) is 3.41. The van der Waals surface area contributed by atoms with Crippen molar-refractivity contribution < 1.29 is 4.42 Å². The van der Waals surface area contributed by atoms with E-state index in [2.05, 4.69) is 49.3 Å². The van der Waals surface area contributed by atoms with Gasteiger partial charge in [0.15, 0.2) is 0 Å². The first-order valence-electron chi connectivity index (χ1n) is 4.88. The molecule has 2 nitrogen and oxygen atoms in total. The third-order valence-electron chi connectivity index (χ3n) is 2.38. The molecule has 4 heteroatoms. The third kappa shape index (κ3) is 2.39. The minimum Gasteiger partial charge on any atom is -0.466 e. The SMILES string of the molecule is CNC(c1cccc(Br)c1)c1occc1Br. The van der Waals surface area contributed by atoms with Gasteiger partial charge >= 0.3 is 0 Å². The summed E-state index contributed by atoms with van der Waals surface area (Å²) >= 11 is 6.95. The largest absolute Gasteiger partial charge is 0.466 e. The average molecular weight is 345 g/mol. The molecule has 16 heavy (non-hydrogen) atoms. The minimum atomic E-state index is 0.0573. The van der Waals surface area contributed by atoms with Gasteiger partial charge in [-0.15, -0.1) is 0 Å². The van der Waals surface area contributed by atoms with E-state index in [4.69, 9.17) is 4.42 Å². The molecule has 1 aromatic carbocycles. The maximum atomic E-state index is 5.49. The van der Waals surface area contributed by atoms with Crippen molar-refractivity contribution in [1.29, 1.82) is 0 Å². The first-order valence-corrected chi connectivity index (χ1v) is 6.46. The fourth-order valence-electron chi connectivity index (χ4n) is 1.65. The molecule has 2 rings (SSSR count). The summed E-state index contributed by atoms with van der Waals surface area (Å²) in [4.78, 5) is 0. The van der Waals surface area contributed by atoms with E-state index >= 15 is 0 Å². The molecule has 0 radical (unpaired) electrons. The van der Waals surface area contributed by atoms with Crippen LogP contribution >= 0.6 is 31.9 Å². The van der Waals surface area contributed by atoms with E-state index < -0.39 is 0 Å². The fraction of sp³-hybridized carbons (Fsp3) is 0.167. The standard InChI is InChI=1S/C12H11Br2NO/c1-15-11(12-10(14)5-6-16-12)8-3-2-4-9(13)7-8/h2-7,11,15H,1H3. The third-order valence-corrected chi connectivity index (χ3v) is 3.53. The van der Waals surface area contributed by atoms with Crippen molar-refractivity contribution in [2.24, 2.45) is 0 Å². The molecule has 0 fully saturated rings. The monoisotopic (exact) mass is 343 g/mol. The lowest BCUT2D eigenvalue weighted by atomic mass is 10.1. The van der Waals surface area contributed by atoms with Crippen LogP contribution in [-0.2, 0) is 0 Å². The zero-order valence-corrected chi connectivity index (χ0v) is 11.9. The summed E-state index contributed by atoms with van der Waals surface area (Å²) in [7, 11) is 1.92. The lowest BCUT2D eigenvalue weighted by Gasteiger charge is -2.15. The van der Waals surface area contributed by atoms with Crippen LogP contribution in [0.15, 0.2) is 50.0 Å². The normalized spacial score (nSPS) is 12.7. The van der Waals surface area contributed by atoms with Crippen LogP contribution in [0.4, 0.5) is 0 Å². The van der Waals surface area contributed by atoms with E-state index in [0.717, 1.165) is 20.3 Å². The van der Waals surface area contributed by atoms with E-state index in [9.17, 15) is 0 Å². The van der Waals surface area contributed by atoms with Crippen LogP contribution in [0.1, 0.15) is 17.4 Å². The zero-order chi connectivity index (χ0) is 11.5. The molecule has 0 saturated heterocycles. The lowest BCUT2D eigenvalue weighted by molar-refractivity contribution is 0.461. The van der Waals surface area contributed by atoms with Crippen LogP contribution < -0.4 is 5.32 Å². The highest BCUT2D eigenvalue weighted by Crippen LogP contribution is 2.30. The van der Waals surface area contributed by atoms with Crippen LogP contribution in [0.25, 0.3) is 0 Å². The van der Waals surface area contributed by atoms with Crippen LogP contribution in [0.3, 0.4) is 0 Å². The smallest absolute Gasteiger partial charge is 0.139 e. The van der Waals surface area contributed by atoms with Crippen molar-refractivity contribution in [2.75, 3.05) is 7.05 Å². The molecule has 1 aromatic heterocycles. The Morgan fingerprint density at radius 3 is 2.62 bits per heavy atom. The Hall–Kier alpha value is -0.580. The second-order valence-corrected chi connectivity index (χ2v) is 5.18.